The highest BCUT2D eigenvalue weighted by Gasteiger charge is 2.42. The minimum atomic E-state index is -4.49. The van der Waals surface area contributed by atoms with Gasteiger partial charge >= 0.3 is 6.18 Å². The molecule has 2 bridgehead atoms. The smallest absolute Gasteiger partial charge is 0.416 e. The Kier molecular flexibility index (Phi) is 7.33. The summed E-state index contributed by atoms with van der Waals surface area (Å²) in [4.78, 5) is 9.39. The van der Waals surface area contributed by atoms with E-state index in [4.69, 9.17) is 16.3 Å². The Bertz CT molecular complexity index is 1530. The van der Waals surface area contributed by atoms with Crippen LogP contribution in [0.15, 0.2) is 72.8 Å². The highest BCUT2D eigenvalue weighted by Crippen LogP contribution is 2.36. The van der Waals surface area contributed by atoms with E-state index < -0.39 is 11.7 Å². The van der Waals surface area contributed by atoms with Gasteiger partial charge in [-0.25, -0.2) is 0 Å². The summed E-state index contributed by atoms with van der Waals surface area (Å²) in [6.07, 6.45) is -3.40. The maximum atomic E-state index is 13.8. The molecule has 3 heterocycles. The van der Waals surface area contributed by atoms with E-state index in [1.54, 1.807) is 6.07 Å². The fraction of sp³-hybridized carbons (Fsp3) is 0.323. The van der Waals surface area contributed by atoms with Gasteiger partial charge in [0.1, 0.15) is 12.4 Å². The van der Waals surface area contributed by atoms with Crippen molar-refractivity contribution < 1.29 is 17.9 Å². The van der Waals surface area contributed by atoms with Crippen LogP contribution in [0.3, 0.4) is 0 Å². The SMILES string of the molecule is Cc1cc(Nc2cc(OCCN3C[C@@H]4CC3CN4Cc3cccc(Cl)c3)cc(C(F)(F)F)c2)c2ccccc2n1. The summed E-state index contributed by atoms with van der Waals surface area (Å²) in [5, 5.41) is 4.76. The van der Waals surface area contributed by atoms with Crippen LogP contribution in [0.25, 0.3) is 10.9 Å². The Morgan fingerprint density at radius 2 is 1.77 bits per heavy atom. The van der Waals surface area contributed by atoms with E-state index in [0.717, 1.165) is 59.8 Å². The molecule has 1 unspecified atom stereocenters. The van der Waals surface area contributed by atoms with Crippen molar-refractivity contribution in [2.45, 2.75) is 38.1 Å². The monoisotopic (exact) mass is 566 g/mol. The van der Waals surface area contributed by atoms with Crippen molar-refractivity contribution in [3.05, 3.63) is 94.6 Å². The molecule has 0 saturated carbocycles. The summed E-state index contributed by atoms with van der Waals surface area (Å²) in [6.45, 7) is 5.61. The molecule has 5 nitrogen and oxygen atoms in total. The molecule has 2 atom stereocenters. The van der Waals surface area contributed by atoms with Crippen molar-refractivity contribution in [2.24, 2.45) is 0 Å². The first-order valence-electron chi connectivity index (χ1n) is 13.4. The number of likely N-dealkylation sites (tertiary alicyclic amines) is 2. The molecule has 1 aromatic heterocycles. The largest absolute Gasteiger partial charge is 0.492 e. The van der Waals surface area contributed by atoms with E-state index in [-0.39, 0.29) is 5.75 Å². The number of nitrogens with one attached hydrogen (secondary N) is 1. The lowest BCUT2D eigenvalue weighted by molar-refractivity contribution is -0.137. The maximum Gasteiger partial charge on any atom is 0.416 e. The summed E-state index contributed by atoms with van der Waals surface area (Å²) in [5.74, 6) is 0.194. The standard InChI is InChI=1S/C31H30ClF3N4O/c1-20-11-30(28-7-2-3-8-29(28)36-20)37-24-13-22(31(33,34)35)14-27(15-24)40-10-9-38-18-26-16-25(38)19-39(26)17-21-5-4-6-23(32)12-21/h2-8,11-15,25-26H,9-10,16-19H2,1H3,(H,36,37)/t25?,26-/m0/s1. The number of pyridine rings is 1. The van der Waals surface area contributed by atoms with Crippen LogP contribution in [0.2, 0.25) is 5.02 Å². The molecule has 3 aromatic carbocycles. The Hall–Kier alpha value is -3.33. The van der Waals surface area contributed by atoms with Crippen molar-refractivity contribution in [3.63, 3.8) is 0 Å². The number of aromatic nitrogens is 1. The first-order chi connectivity index (χ1) is 19.2. The van der Waals surface area contributed by atoms with Crippen molar-refractivity contribution in [2.75, 3.05) is 31.6 Å². The number of fused-ring (bicyclic) bond motifs is 3. The van der Waals surface area contributed by atoms with Crippen LogP contribution in [-0.4, -0.2) is 53.1 Å². The Labute approximate surface area is 236 Å². The average Bonchev–Trinajstić information content (AvgIpc) is 3.48. The first kappa shape index (κ1) is 26.9. The second kappa shape index (κ2) is 10.9. The van der Waals surface area contributed by atoms with Crippen LogP contribution in [-0.2, 0) is 12.7 Å². The summed E-state index contributed by atoms with van der Waals surface area (Å²) >= 11 is 6.14. The fourth-order valence-corrected chi connectivity index (χ4v) is 6.15. The first-order valence-corrected chi connectivity index (χ1v) is 13.8. The predicted molar refractivity (Wildman–Crippen MR) is 152 cm³/mol. The van der Waals surface area contributed by atoms with Crippen LogP contribution < -0.4 is 10.1 Å². The lowest BCUT2D eigenvalue weighted by Crippen LogP contribution is -2.47. The van der Waals surface area contributed by atoms with Gasteiger partial charge < -0.3 is 10.1 Å². The quantitative estimate of drug-likeness (QED) is 0.242. The number of piperazine rings is 1. The van der Waals surface area contributed by atoms with Gasteiger partial charge in [0.2, 0.25) is 0 Å². The molecule has 6 rings (SSSR count). The molecule has 4 aromatic rings. The lowest BCUT2D eigenvalue weighted by atomic mass is 10.1. The van der Waals surface area contributed by atoms with Crippen LogP contribution in [0.4, 0.5) is 24.5 Å². The Balaban J connectivity index is 1.11. The summed E-state index contributed by atoms with van der Waals surface area (Å²) in [5.41, 5.74) is 3.02. The number of aryl methyl sites for hydroxylation is 1. The molecule has 1 N–H and O–H groups in total. The van der Waals surface area contributed by atoms with Gasteiger partial charge in [-0.15, -0.1) is 0 Å². The van der Waals surface area contributed by atoms with E-state index in [1.165, 1.54) is 5.56 Å². The van der Waals surface area contributed by atoms with Gasteiger partial charge in [-0.1, -0.05) is 41.9 Å². The predicted octanol–water partition coefficient (Wildman–Crippen LogP) is 7.30. The molecule has 0 spiro atoms. The lowest BCUT2D eigenvalue weighted by Gasteiger charge is -2.34. The molecule has 2 aliphatic rings. The summed E-state index contributed by atoms with van der Waals surface area (Å²) in [6, 6.07) is 22.1. The number of rotatable bonds is 8. The summed E-state index contributed by atoms with van der Waals surface area (Å²) < 4.78 is 47.2. The van der Waals surface area contributed by atoms with E-state index in [9.17, 15) is 13.2 Å². The Morgan fingerprint density at radius 3 is 2.55 bits per heavy atom. The van der Waals surface area contributed by atoms with Gasteiger partial charge in [0.15, 0.2) is 0 Å². The van der Waals surface area contributed by atoms with Crippen LogP contribution in [0, 0.1) is 6.92 Å². The number of anilines is 2. The van der Waals surface area contributed by atoms with Gasteiger partial charge in [0.05, 0.1) is 11.1 Å². The molecule has 0 radical (unpaired) electrons. The number of ether oxygens (including phenoxy) is 1. The molecule has 40 heavy (non-hydrogen) atoms. The zero-order valence-electron chi connectivity index (χ0n) is 22.1. The second-order valence-corrected chi connectivity index (χ2v) is 11.1. The van der Waals surface area contributed by atoms with Crippen molar-refractivity contribution in [3.8, 4) is 5.75 Å². The van der Waals surface area contributed by atoms with E-state index in [1.807, 2.05) is 55.5 Å². The minimum Gasteiger partial charge on any atom is -0.492 e. The van der Waals surface area contributed by atoms with Gasteiger partial charge in [0.25, 0.3) is 0 Å². The van der Waals surface area contributed by atoms with E-state index in [2.05, 4.69) is 26.2 Å². The zero-order chi connectivity index (χ0) is 27.9. The van der Waals surface area contributed by atoms with Crippen molar-refractivity contribution in [1.29, 1.82) is 0 Å². The van der Waals surface area contributed by atoms with Crippen LogP contribution in [0.5, 0.6) is 5.75 Å². The molecule has 208 valence electrons. The molecule has 2 aliphatic heterocycles. The molecular formula is C31H30ClF3N4O. The number of benzene rings is 3. The molecule has 0 aliphatic carbocycles. The van der Waals surface area contributed by atoms with Crippen LogP contribution in [0.1, 0.15) is 23.2 Å². The number of hydrogen-bond acceptors (Lipinski definition) is 5. The number of para-hydroxylation sites is 1. The Morgan fingerprint density at radius 1 is 0.975 bits per heavy atom. The highest BCUT2D eigenvalue weighted by molar-refractivity contribution is 6.30. The van der Waals surface area contributed by atoms with E-state index in [0.29, 0.717) is 36.6 Å². The number of hydrogen-bond donors (Lipinski definition) is 1. The second-order valence-electron chi connectivity index (χ2n) is 10.6. The zero-order valence-corrected chi connectivity index (χ0v) is 22.8. The molecule has 2 saturated heterocycles. The van der Waals surface area contributed by atoms with E-state index >= 15 is 0 Å². The molecule has 2 fully saturated rings. The number of alkyl halides is 3. The van der Waals surface area contributed by atoms with Gasteiger partial charge in [-0.3, -0.25) is 14.8 Å². The van der Waals surface area contributed by atoms with Crippen molar-refractivity contribution in [1.82, 2.24) is 14.8 Å². The third-order valence-corrected chi connectivity index (χ3v) is 7.98. The molecule has 9 heteroatoms. The fourth-order valence-electron chi connectivity index (χ4n) is 5.93. The summed E-state index contributed by atoms with van der Waals surface area (Å²) in [7, 11) is 0. The topological polar surface area (TPSA) is 40.6 Å². The molecule has 0 amide bonds. The number of nitrogens with zero attached hydrogens (tertiary/aromatic N) is 3. The maximum absolute atomic E-state index is 13.8. The van der Waals surface area contributed by atoms with Gasteiger partial charge in [0, 0.05) is 71.8 Å². The molecular weight excluding hydrogens is 537 g/mol. The third-order valence-electron chi connectivity index (χ3n) is 7.75. The normalized spacial score (nSPS) is 19.4. The van der Waals surface area contributed by atoms with Gasteiger partial charge in [-0.2, -0.15) is 13.2 Å². The minimum absolute atomic E-state index is 0.194. The third kappa shape index (κ3) is 5.89. The van der Waals surface area contributed by atoms with Crippen molar-refractivity contribution >= 4 is 33.9 Å². The van der Waals surface area contributed by atoms with Crippen LogP contribution >= 0.6 is 11.6 Å². The highest BCUT2D eigenvalue weighted by atomic mass is 35.5. The van der Waals surface area contributed by atoms with Gasteiger partial charge in [-0.05, 0) is 55.3 Å². The average molecular weight is 567 g/mol. The number of halogens is 4.